The van der Waals surface area contributed by atoms with Gasteiger partial charge in [-0.25, -0.2) is 0 Å². The molecule has 3 rings (SSSR count). The van der Waals surface area contributed by atoms with Gasteiger partial charge < -0.3 is 4.90 Å². The van der Waals surface area contributed by atoms with Gasteiger partial charge in [0.15, 0.2) is 0 Å². The van der Waals surface area contributed by atoms with Crippen LogP contribution in [-0.2, 0) is 11.0 Å². The first kappa shape index (κ1) is 19.2. The van der Waals surface area contributed by atoms with Crippen LogP contribution < -0.4 is 0 Å². The van der Waals surface area contributed by atoms with Crippen molar-refractivity contribution in [2.45, 2.75) is 37.9 Å². The van der Waals surface area contributed by atoms with E-state index in [1.807, 2.05) is 0 Å². The minimum Gasteiger partial charge on any atom is -0.337 e. The maximum absolute atomic E-state index is 12.9. The molecule has 26 heavy (non-hydrogen) atoms. The molecule has 1 aromatic carbocycles. The van der Waals surface area contributed by atoms with Crippen molar-refractivity contribution in [3.05, 3.63) is 40.4 Å². The normalized spacial score (nSPS) is 20.2. The molecule has 1 aromatic rings. The van der Waals surface area contributed by atoms with Crippen LogP contribution in [0.15, 0.2) is 24.3 Å². The molecule has 0 aromatic heterocycles. The zero-order valence-corrected chi connectivity index (χ0v) is 15.2. The van der Waals surface area contributed by atoms with E-state index in [4.69, 9.17) is 11.6 Å². The lowest BCUT2D eigenvalue weighted by Gasteiger charge is -2.37. The van der Waals surface area contributed by atoms with E-state index in [2.05, 4.69) is 4.90 Å². The van der Waals surface area contributed by atoms with Crippen molar-refractivity contribution in [3.63, 3.8) is 0 Å². The molecule has 0 radical (unpaired) electrons. The Morgan fingerprint density at radius 3 is 2.38 bits per heavy atom. The Morgan fingerprint density at radius 2 is 1.77 bits per heavy atom. The summed E-state index contributed by atoms with van der Waals surface area (Å²) < 4.78 is 38.7. The van der Waals surface area contributed by atoms with Crippen LogP contribution in [0.5, 0.6) is 0 Å². The third-order valence-electron chi connectivity index (χ3n) is 5.18. The van der Waals surface area contributed by atoms with Gasteiger partial charge in [-0.15, -0.1) is 0 Å². The van der Waals surface area contributed by atoms with Crippen molar-refractivity contribution >= 4 is 23.6 Å². The van der Waals surface area contributed by atoms with Gasteiger partial charge in [0.1, 0.15) is 0 Å². The van der Waals surface area contributed by atoms with Crippen LogP contribution >= 0.6 is 11.6 Å². The molecule has 0 bridgehead atoms. The maximum Gasteiger partial charge on any atom is 0.417 e. The average molecular weight is 387 g/mol. The van der Waals surface area contributed by atoms with Crippen molar-refractivity contribution in [2.75, 3.05) is 26.2 Å². The van der Waals surface area contributed by atoms with E-state index in [0.29, 0.717) is 24.7 Å². The first-order valence-corrected chi connectivity index (χ1v) is 9.30. The van der Waals surface area contributed by atoms with Gasteiger partial charge in [-0.2, -0.15) is 13.2 Å². The fraction of sp³-hybridized carbons (Fsp3) is 0.526. The van der Waals surface area contributed by atoms with Gasteiger partial charge in [0.2, 0.25) is 5.91 Å². The van der Waals surface area contributed by atoms with Gasteiger partial charge in [-0.05, 0) is 36.6 Å². The molecule has 3 nitrogen and oxygen atoms in total. The van der Waals surface area contributed by atoms with E-state index in [1.54, 1.807) is 4.90 Å². The average Bonchev–Trinajstić information content (AvgIpc) is 3.14. The second-order valence-electron chi connectivity index (χ2n) is 6.87. The lowest BCUT2D eigenvalue weighted by molar-refractivity contribution is -0.137. The largest absolute Gasteiger partial charge is 0.417 e. The van der Waals surface area contributed by atoms with E-state index in [9.17, 15) is 18.0 Å². The van der Waals surface area contributed by atoms with E-state index < -0.39 is 11.7 Å². The maximum atomic E-state index is 12.9. The Morgan fingerprint density at radius 1 is 1.12 bits per heavy atom. The number of hydrogen-bond acceptors (Lipinski definition) is 2. The molecule has 2 fully saturated rings. The molecule has 0 atom stereocenters. The number of amides is 1. The monoisotopic (exact) mass is 386 g/mol. The summed E-state index contributed by atoms with van der Waals surface area (Å²) in [6.45, 7) is 3.05. The van der Waals surface area contributed by atoms with Crippen molar-refractivity contribution in [1.29, 1.82) is 0 Å². The number of hydrogen-bond donors (Lipinski definition) is 0. The molecule has 1 heterocycles. The molecule has 1 amide bonds. The molecular weight excluding hydrogens is 365 g/mol. The number of carbonyl (C=O) groups is 1. The summed E-state index contributed by atoms with van der Waals surface area (Å²) in [6.07, 6.45) is 3.30. The number of alkyl halides is 3. The van der Waals surface area contributed by atoms with Crippen molar-refractivity contribution in [2.24, 2.45) is 0 Å². The number of benzene rings is 1. The van der Waals surface area contributed by atoms with Crippen LogP contribution in [0, 0.1) is 0 Å². The molecule has 0 spiro atoms. The minimum absolute atomic E-state index is 0.167. The van der Waals surface area contributed by atoms with Gasteiger partial charge >= 0.3 is 6.18 Å². The Hall–Kier alpha value is -1.53. The number of rotatable bonds is 3. The summed E-state index contributed by atoms with van der Waals surface area (Å²) in [5, 5.41) is -0.344. The second kappa shape index (κ2) is 8.01. The fourth-order valence-corrected chi connectivity index (χ4v) is 3.94. The fourth-order valence-electron chi connectivity index (χ4n) is 3.71. The number of carbonyl (C=O) groups excluding carboxylic acids is 1. The number of nitrogens with zero attached hydrogens (tertiary/aromatic N) is 2. The standard InChI is InChI=1S/C19H22ClF3N2O/c20-17-7-5-14(13-16(17)19(21,22)23)6-8-18(26)25-11-9-24(10-12-25)15-3-1-2-4-15/h5-8,13,15H,1-4,9-12H2/b8-6+. The second-order valence-corrected chi connectivity index (χ2v) is 7.28. The third-order valence-corrected chi connectivity index (χ3v) is 5.51. The number of piperazine rings is 1. The Bertz CT molecular complexity index is 676. The summed E-state index contributed by atoms with van der Waals surface area (Å²) in [7, 11) is 0. The predicted octanol–water partition coefficient (Wildman–Crippen LogP) is 4.46. The van der Waals surface area contributed by atoms with E-state index in [-0.39, 0.29) is 10.9 Å². The lowest BCUT2D eigenvalue weighted by atomic mass is 10.1. The number of halogens is 4. The van der Waals surface area contributed by atoms with Crippen molar-refractivity contribution < 1.29 is 18.0 Å². The quantitative estimate of drug-likeness (QED) is 0.716. The van der Waals surface area contributed by atoms with E-state index in [0.717, 1.165) is 19.2 Å². The van der Waals surface area contributed by atoms with Crippen molar-refractivity contribution in [1.82, 2.24) is 9.80 Å². The van der Waals surface area contributed by atoms with Gasteiger partial charge in [-0.3, -0.25) is 9.69 Å². The van der Waals surface area contributed by atoms with Crippen LogP contribution in [0.4, 0.5) is 13.2 Å². The SMILES string of the molecule is O=C(/C=C/c1ccc(Cl)c(C(F)(F)F)c1)N1CCN(C2CCCC2)CC1. The zero-order chi connectivity index (χ0) is 18.7. The van der Waals surface area contributed by atoms with Gasteiger partial charge in [0.05, 0.1) is 10.6 Å². The van der Waals surface area contributed by atoms with Crippen LogP contribution in [-0.4, -0.2) is 47.9 Å². The molecule has 0 N–H and O–H groups in total. The molecule has 1 aliphatic carbocycles. The molecule has 1 saturated carbocycles. The van der Waals surface area contributed by atoms with Crippen LogP contribution in [0.25, 0.3) is 6.08 Å². The lowest BCUT2D eigenvalue weighted by Crippen LogP contribution is -2.51. The molecular formula is C19H22ClF3N2O. The Kier molecular flexibility index (Phi) is 5.92. The summed E-state index contributed by atoms with van der Waals surface area (Å²) in [5.41, 5.74) is -0.585. The van der Waals surface area contributed by atoms with Gasteiger partial charge in [0, 0.05) is 38.3 Å². The Balaban J connectivity index is 1.58. The smallest absolute Gasteiger partial charge is 0.337 e. The van der Waals surface area contributed by atoms with Crippen LogP contribution in [0.1, 0.15) is 36.8 Å². The molecule has 142 valence electrons. The first-order valence-electron chi connectivity index (χ1n) is 8.92. The first-order chi connectivity index (χ1) is 12.3. The third kappa shape index (κ3) is 4.60. The van der Waals surface area contributed by atoms with E-state index >= 15 is 0 Å². The van der Waals surface area contributed by atoms with Crippen LogP contribution in [0.3, 0.4) is 0 Å². The molecule has 0 unspecified atom stereocenters. The van der Waals surface area contributed by atoms with Gasteiger partial charge in [-0.1, -0.05) is 30.5 Å². The molecule has 1 saturated heterocycles. The highest BCUT2D eigenvalue weighted by atomic mass is 35.5. The Labute approximate surface area is 156 Å². The molecule has 1 aliphatic heterocycles. The highest BCUT2D eigenvalue weighted by Crippen LogP contribution is 2.35. The predicted molar refractivity (Wildman–Crippen MR) is 95.9 cm³/mol. The summed E-state index contributed by atoms with van der Waals surface area (Å²) >= 11 is 5.61. The molecule has 7 heteroatoms. The summed E-state index contributed by atoms with van der Waals surface area (Å²) in [6, 6.07) is 4.29. The topological polar surface area (TPSA) is 23.6 Å². The minimum atomic E-state index is -4.51. The van der Waals surface area contributed by atoms with Gasteiger partial charge in [0.25, 0.3) is 0 Å². The van der Waals surface area contributed by atoms with E-state index in [1.165, 1.54) is 50.0 Å². The summed E-state index contributed by atoms with van der Waals surface area (Å²) in [4.78, 5) is 16.5. The highest BCUT2D eigenvalue weighted by Gasteiger charge is 2.33. The van der Waals surface area contributed by atoms with Crippen LogP contribution in [0.2, 0.25) is 5.02 Å². The molecule has 2 aliphatic rings. The summed E-state index contributed by atoms with van der Waals surface area (Å²) in [5.74, 6) is -0.167. The van der Waals surface area contributed by atoms with Crippen molar-refractivity contribution in [3.8, 4) is 0 Å². The zero-order valence-electron chi connectivity index (χ0n) is 14.4. The highest BCUT2D eigenvalue weighted by molar-refractivity contribution is 6.31.